The van der Waals surface area contributed by atoms with Gasteiger partial charge in [-0.15, -0.1) is 0 Å². The van der Waals surface area contributed by atoms with Crippen molar-refractivity contribution in [3.8, 4) is 11.4 Å². The molecule has 0 bridgehead atoms. The number of nitrogens with zero attached hydrogens (tertiary/aromatic N) is 2. The lowest BCUT2D eigenvalue weighted by Gasteiger charge is -2.29. The average molecular weight is 396 g/mol. The Kier molecular flexibility index (Phi) is 6.89. The van der Waals surface area contributed by atoms with Gasteiger partial charge in [-0.05, 0) is 49.9 Å². The van der Waals surface area contributed by atoms with Gasteiger partial charge in [-0.1, -0.05) is 6.07 Å². The molecular formula is C21H24N4O4. The maximum absolute atomic E-state index is 12.5. The van der Waals surface area contributed by atoms with E-state index in [1.165, 1.54) is 0 Å². The van der Waals surface area contributed by atoms with Crippen molar-refractivity contribution < 1.29 is 19.5 Å². The Balaban J connectivity index is 1.45. The van der Waals surface area contributed by atoms with Crippen LogP contribution in [0.3, 0.4) is 0 Å². The number of pyridine rings is 2. The van der Waals surface area contributed by atoms with Gasteiger partial charge in [-0.25, -0.2) is 0 Å². The van der Waals surface area contributed by atoms with Gasteiger partial charge in [-0.3, -0.25) is 24.4 Å². The Hall–Kier alpha value is -3.29. The zero-order valence-corrected chi connectivity index (χ0v) is 16.0. The van der Waals surface area contributed by atoms with E-state index in [1.54, 1.807) is 24.5 Å². The van der Waals surface area contributed by atoms with Crippen molar-refractivity contribution in [1.29, 1.82) is 0 Å². The molecule has 0 aliphatic heterocycles. The van der Waals surface area contributed by atoms with Crippen LogP contribution in [-0.4, -0.2) is 44.9 Å². The summed E-state index contributed by atoms with van der Waals surface area (Å²) in [5.74, 6) is -1.38. The van der Waals surface area contributed by atoms with Gasteiger partial charge in [0.15, 0.2) is 0 Å². The van der Waals surface area contributed by atoms with Gasteiger partial charge in [0, 0.05) is 30.9 Å². The minimum absolute atomic E-state index is 0.00645. The second-order valence-corrected chi connectivity index (χ2v) is 7.13. The van der Waals surface area contributed by atoms with Crippen LogP contribution >= 0.6 is 0 Å². The van der Waals surface area contributed by atoms with Crippen LogP contribution < -0.4 is 10.6 Å². The van der Waals surface area contributed by atoms with E-state index in [0.717, 1.165) is 31.4 Å². The highest BCUT2D eigenvalue weighted by Gasteiger charge is 2.24. The van der Waals surface area contributed by atoms with Crippen LogP contribution in [0.5, 0.6) is 0 Å². The Bertz CT molecular complexity index is 847. The molecule has 29 heavy (non-hydrogen) atoms. The number of hydrogen-bond donors (Lipinski definition) is 3. The number of amides is 2. The molecule has 0 unspecified atom stereocenters. The molecule has 1 saturated carbocycles. The lowest BCUT2D eigenvalue weighted by atomic mass is 9.91. The fourth-order valence-electron chi connectivity index (χ4n) is 3.37. The van der Waals surface area contributed by atoms with E-state index >= 15 is 0 Å². The summed E-state index contributed by atoms with van der Waals surface area (Å²) in [6, 6.07) is 9.17. The van der Waals surface area contributed by atoms with Crippen molar-refractivity contribution in [2.45, 2.75) is 50.6 Å². The van der Waals surface area contributed by atoms with Crippen molar-refractivity contribution in [3.63, 3.8) is 0 Å². The van der Waals surface area contributed by atoms with E-state index in [0.29, 0.717) is 11.3 Å². The standard InChI is InChI=1S/C21H24N4O4/c26-19(10-11-20(27)28)24-15-5-7-16(8-6-15)25-21(29)14-4-9-18(23-13-14)17-3-1-2-12-22-17/h1-4,9,12-13,15-16H,5-8,10-11H2,(H,24,26)(H,25,29)(H,27,28). The van der Waals surface area contributed by atoms with Crippen LogP contribution in [0.4, 0.5) is 0 Å². The number of hydrogen-bond acceptors (Lipinski definition) is 5. The molecule has 0 saturated heterocycles. The van der Waals surface area contributed by atoms with E-state index in [4.69, 9.17) is 5.11 Å². The SMILES string of the molecule is O=C(O)CCC(=O)NC1CCC(NC(=O)c2ccc(-c3ccccn3)nc2)CC1. The first kappa shape index (κ1) is 20.4. The molecule has 0 radical (unpaired) electrons. The number of nitrogens with one attached hydrogen (secondary N) is 2. The first-order chi connectivity index (χ1) is 14.0. The van der Waals surface area contributed by atoms with E-state index in [-0.39, 0.29) is 36.7 Å². The molecule has 2 heterocycles. The highest BCUT2D eigenvalue weighted by molar-refractivity contribution is 5.94. The second kappa shape index (κ2) is 9.77. The zero-order valence-electron chi connectivity index (χ0n) is 16.0. The maximum atomic E-state index is 12.5. The quantitative estimate of drug-likeness (QED) is 0.659. The maximum Gasteiger partial charge on any atom is 0.303 e. The van der Waals surface area contributed by atoms with Crippen LogP contribution in [0, 0.1) is 0 Å². The third kappa shape index (κ3) is 6.10. The summed E-state index contributed by atoms with van der Waals surface area (Å²) in [6.07, 6.45) is 6.10. The molecule has 0 spiro atoms. The molecule has 0 aromatic carbocycles. The number of carboxylic acid groups (broad SMARTS) is 1. The summed E-state index contributed by atoms with van der Waals surface area (Å²) in [4.78, 5) is 43.3. The Morgan fingerprint density at radius 2 is 1.59 bits per heavy atom. The lowest BCUT2D eigenvalue weighted by Crippen LogP contribution is -2.43. The van der Waals surface area contributed by atoms with Crippen molar-refractivity contribution >= 4 is 17.8 Å². The molecule has 2 aromatic rings. The number of carbonyl (C=O) groups is 3. The number of aromatic nitrogens is 2. The van der Waals surface area contributed by atoms with Crippen molar-refractivity contribution in [3.05, 3.63) is 48.3 Å². The predicted molar refractivity (Wildman–Crippen MR) is 106 cm³/mol. The zero-order chi connectivity index (χ0) is 20.6. The third-order valence-electron chi connectivity index (χ3n) is 4.95. The molecule has 2 aromatic heterocycles. The van der Waals surface area contributed by atoms with E-state index in [2.05, 4.69) is 20.6 Å². The van der Waals surface area contributed by atoms with Crippen LogP contribution in [0.2, 0.25) is 0 Å². The average Bonchev–Trinajstić information content (AvgIpc) is 2.74. The highest BCUT2D eigenvalue weighted by Crippen LogP contribution is 2.20. The minimum Gasteiger partial charge on any atom is -0.481 e. The van der Waals surface area contributed by atoms with Crippen molar-refractivity contribution in [2.24, 2.45) is 0 Å². The van der Waals surface area contributed by atoms with Gasteiger partial charge in [0.25, 0.3) is 5.91 Å². The topological polar surface area (TPSA) is 121 Å². The van der Waals surface area contributed by atoms with Crippen LogP contribution in [0.15, 0.2) is 42.7 Å². The highest BCUT2D eigenvalue weighted by atomic mass is 16.4. The molecule has 1 fully saturated rings. The van der Waals surface area contributed by atoms with Crippen molar-refractivity contribution in [1.82, 2.24) is 20.6 Å². The largest absolute Gasteiger partial charge is 0.481 e. The summed E-state index contributed by atoms with van der Waals surface area (Å²) in [6.45, 7) is 0. The smallest absolute Gasteiger partial charge is 0.303 e. The second-order valence-electron chi connectivity index (χ2n) is 7.13. The van der Waals surface area contributed by atoms with Crippen molar-refractivity contribution in [2.75, 3.05) is 0 Å². The molecule has 152 valence electrons. The summed E-state index contributed by atoms with van der Waals surface area (Å²) in [5, 5.41) is 14.5. The Labute approximate surface area is 168 Å². The normalized spacial score (nSPS) is 18.6. The van der Waals surface area contributed by atoms with Crippen LogP contribution in [-0.2, 0) is 9.59 Å². The fourth-order valence-corrected chi connectivity index (χ4v) is 3.37. The summed E-state index contributed by atoms with van der Waals surface area (Å²) in [5.41, 5.74) is 1.96. The molecule has 3 N–H and O–H groups in total. The monoisotopic (exact) mass is 396 g/mol. The predicted octanol–water partition coefficient (Wildman–Crippen LogP) is 2.17. The first-order valence-electron chi connectivity index (χ1n) is 9.71. The molecule has 8 heteroatoms. The lowest BCUT2D eigenvalue weighted by molar-refractivity contribution is -0.139. The van der Waals surface area contributed by atoms with Crippen LogP contribution in [0.25, 0.3) is 11.4 Å². The van der Waals surface area contributed by atoms with Gasteiger partial charge in [0.05, 0.1) is 23.4 Å². The summed E-state index contributed by atoms with van der Waals surface area (Å²) < 4.78 is 0. The molecule has 3 rings (SSSR count). The summed E-state index contributed by atoms with van der Waals surface area (Å²) in [7, 11) is 0. The summed E-state index contributed by atoms with van der Waals surface area (Å²) >= 11 is 0. The van der Waals surface area contributed by atoms with Gasteiger partial charge < -0.3 is 15.7 Å². The first-order valence-corrected chi connectivity index (χ1v) is 9.71. The van der Waals surface area contributed by atoms with Gasteiger partial charge in [0.2, 0.25) is 5.91 Å². The molecular weight excluding hydrogens is 372 g/mol. The fraction of sp³-hybridized carbons (Fsp3) is 0.381. The van der Waals surface area contributed by atoms with Gasteiger partial charge >= 0.3 is 5.97 Å². The third-order valence-corrected chi connectivity index (χ3v) is 4.95. The molecule has 8 nitrogen and oxygen atoms in total. The number of carboxylic acids is 1. The molecule has 1 aliphatic rings. The van der Waals surface area contributed by atoms with Gasteiger partial charge in [0.1, 0.15) is 0 Å². The van der Waals surface area contributed by atoms with Gasteiger partial charge in [-0.2, -0.15) is 0 Å². The number of rotatable bonds is 7. The van der Waals surface area contributed by atoms with E-state index in [9.17, 15) is 14.4 Å². The van der Waals surface area contributed by atoms with E-state index in [1.807, 2.05) is 18.2 Å². The van der Waals surface area contributed by atoms with Crippen LogP contribution in [0.1, 0.15) is 48.9 Å². The molecule has 0 atom stereocenters. The minimum atomic E-state index is -0.978. The Morgan fingerprint density at radius 3 is 2.17 bits per heavy atom. The van der Waals surface area contributed by atoms with E-state index < -0.39 is 5.97 Å². The molecule has 1 aliphatic carbocycles. The Morgan fingerprint density at radius 1 is 0.897 bits per heavy atom. The number of aliphatic carboxylic acids is 1. The molecule has 2 amide bonds. The number of carbonyl (C=O) groups excluding carboxylic acids is 2.